The SMILES string of the molecule is CCCn1cc(N[C@@H](C)C(=O)Nc2cccc(F)c2)cn1. The van der Waals surface area contributed by atoms with Crippen LogP contribution >= 0.6 is 0 Å². The van der Waals surface area contributed by atoms with Gasteiger partial charge < -0.3 is 10.6 Å². The number of carbonyl (C=O) groups is 1. The van der Waals surface area contributed by atoms with Crippen LogP contribution in [0.5, 0.6) is 0 Å². The van der Waals surface area contributed by atoms with Crippen molar-refractivity contribution in [3.8, 4) is 0 Å². The maximum atomic E-state index is 13.1. The number of hydrogen-bond donors (Lipinski definition) is 2. The Labute approximate surface area is 123 Å². The molecule has 2 rings (SSSR count). The molecule has 0 saturated heterocycles. The lowest BCUT2D eigenvalue weighted by atomic mass is 10.2. The number of halogens is 1. The molecule has 0 saturated carbocycles. The lowest BCUT2D eigenvalue weighted by Crippen LogP contribution is -2.31. The third kappa shape index (κ3) is 4.30. The second kappa shape index (κ2) is 6.88. The monoisotopic (exact) mass is 290 g/mol. The van der Waals surface area contributed by atoms with Crippen LogP contribution < -0.4 is 10.6 Å². The van der Waals surface area contributed by atoms with Crippen molar-refractivity contribution in [3.05, 3.63) is 42.5 Å². The van der Waals surface area contributed by atoms with Gasteiger partial charge in [0.25, 0.3) is 0 Å². The maximum Gasteiger partial charge on any atom is 0.246 e. The second-order valence-corrected chi connectivity index (χ2v) is 4.86. The smallest absolute Gasteiger partial charge is 0.246 e. The summed E-state index contributed by atoms with van der Waals surface area (Å²) in [5.74, 6) is -0.613. The fraction of sp³-hybridized carbons (Fsp3) is 0.333. The summed E-state index contributed by atoms with van der Waals surface area (Å²) in [4.78, 5) is 12.0. The molecule has 5 nitrogen and oxygen atoms in total. The van der Waals surface area contributed by atoms with Gasteiger partial charge in [-0.05, 0) is 31.5 Å². The molecule has 21 heavy (non-hydrogen) atoms. The fourth-order valence-corrected chi connectivity index (χ4v) is 1.92. The van der Waals surface area contributed by atoms with Crippen LogP contribution in [0.15, 0.2) is 36.7 Å². The molecule has 0 fully saturated rings. The molecule has 1 aromatic carbocycles. The first-order chi connectivity index (χ1) is 10.1. The highest BCUT2D eigenvalue weighted by Crippen LogP contribution is 2.11. The van der Waals surface area contributed by atoms with Gasteiger partial charge in [0.1, 0.15) is 11.9 Å². The lowest BCUT2D eigenvalue weighted by molar-refractivity contribution is -0.116. The predicted octanol–water partition coefficient (Wildman–Crippen LogP) is 2.87. The number of rotatable bonds is 6. The summed E-state index contributed by atoms with van der Waals surface area (Å²) < 4.78 is 14.9. The van der Waals surface area contributed by atoms with Crippen LogP contribution in [0.25, 0.3) is 0 Å². The highest BCUT2D eigenvalue weighted by molar-refractivity contribution is 5.96. The minimum atomic E-state index is -0.451. The summed E-state index contributed by atoms with van der Waals surface area (Å²) >= 11 is 0. The number of anilines is 2. The normalized spacial score (nSPS) is 12.0. The van der Waals surface area contributed by atoms with E-state index >= 15 is 0 Å². The average molecular weight is 290 g/mol. The van der Waals surface area contributed by atoms with E-state index < -0.39 is 6.04 Å². The van der Waals surface area contributed by atoms with Crippen molar-refractivity contribution < 1.29 is 9.18 Å². The molecule has 1 aromatic heterocycles. The van der Waals surface area contributed by atoms with E-state index in [1.165, 1.54) is 12.1 Å². The lowest BCUT2D eigenvalue weighted by Gasteiger charge is -2.13. The van der Waals surface area contributed by atoms with Gasteiger partial charge in [-0.2, -0.15) is 5.10 Å². The van der Waals surface area contributed by atoms with E-state index in [0.29, 0.717) is 5.69 Å². The molecule has 112 valence electrons. The van der Waals surface area contributed by atoms with E-state index in [4.69, 9.17) is 0 Å². The molecular formula is C15H19FN4O. The highest BCUT2D eigenvalue weighted by atomic mass is 19.1. The first-order valence-electron chi connectivity index (χ1n) is 6.94. The number of hydrogen-bond acceptors (Lipinski definition) is 3. The second-order valence-electron chi connectivity index (χ2n) is 4.86. The summed E-state index contributed by atoms with van der Waals surface area (Å²) in [5.41, 5.74) is 1.22. The zero-order valence-corrected chi connectivity index (χ0v) is 12.1. The van der Waals surface area contributed by atoms with Gasteiger partial charge in [0.2, 0.25) is 5.91 Å². The van der Waals surface area contributed by atoms with Crippen LogP contribution in [0, 0.1) is 5.82 Å². The van der Waals surface area contributed by atoms with E-state index in [1.807, 2.05) is 10.9 Å². The number of aromatic nitrogens is 2. The van der Waals surface area contributed by atoms with Crippen LogP contribution in [-0.2, 0) is 11.3 Å². The highest BCUT2D eigenvalue weighted by Gasteiger charge is 2.13. The number of amides is 1. The summed E-state index contributed by atoms with van der Waals surface area (Å²) in [7, 11) is 0. The Morgan fingerprint density at radius 1 is 1.43 bits per heavy atom. The van der Waals surface area contributed by atoms with Crippen molar-refractivity contribution in [2.75, 3.05) is 10.6 Å². The van der Waals surface area contributed by atoms with E-state index in [2.05, 4.69) is 22.7 Å². The van der Waals surface area contributed by atoms with Gasteiger partial charge in [-0.1, -0.05) is 13.0 Å². The molecule has 0 aliphatic rings. The topological polar surface area (TPSA) is 59.0 Å². The largest absolute Gasteiger partial charge is 0.371 e. The van der Waals surface area contributed by atoms with Gasteiger partial charge >= 0.3 is 0 Å². The summed E-state index contributed by atoms with van der Waals surface area (Å²) in [5, 5.41) is 9.92. The Kier molecular flexibility index (Phi) is 4.92. The van der Waals surface area contributed by atoms with Crippen LogP contribution in [0.1, 0.15) is 20.3 Å². The van der Waals surface area contributed by atoms with Gasteiger partial charge in [-0.25, -0.2) is 4.39 Å². The molecule has 1 atom stereocenters. The predicted molar refractivity (Wildman–Crippen MR) is 80.6 cm³/mol. The maximum absolute atomic E-state index is 13.1. The molecule has 0 unspecified atom stereocenters. The zero-order valence-electron chi connectivity index (χ0n) is 12.1. The van der Waals surface area contributed by atoms with E-state index in [0.717, 1.165) is 18.7 Å². The summed E-state index contributed by atoms with van der Waals surface area (Å²) in [6.45, 7) is 4.65. The molecule has 1 heterocycles. The zero-order chi connectivity index (χ0) is 15.2. The fourth-order valence-electron chi connectivity index (χ4n) is 1.92. The van der Waals surface area contributed by atoms with E-state index in [9.17, 15) is 9.18 Å². The number of benzene rings is 1. The van der Waals surface area contributed by atoms with Crippen LogP contribution in [0.4, 0.5) is 15.8 Å². The Morgan fingerprint density at radius 2 is 2.24 bits per heavy atom. The molecule has 0 bridgehead atoms. The van der Waals surface area contributed by atoms with Crippen molar-refractivity contribution >= 4 is 17.3 Å². The van der Waals surface area contributed by atoms with Crippen molar-refractivity contribution in [3.63, 3.8) is 0 Å². The van der Waals surface area contributed by atoms with Crippen molar-refractivity contribution in [2.24, 2.45) is 0 Å². The number of aryl methyl sites for hydroxylation is 1. The van der Waals surface area contributed by atoms with Gasteiger partial charge in [-0.3, -0.25) is 9.48 Å². The molecule has 2 N–H and O–H groups in total. The number of nitrogens with one attached hydrogen (secondary N) is 2. The molecule has 1 amide bonds. The van der Waals surface area contributed by atoms with Gasteiger partial charge in [-0.15, -0.1) is 0 Å². The van der Waals surface area contributed by atoms with Gasteiger partial charge in [0.05, 0.1) is 11.9 Å². The van der Waals surface area contributed by atoms with Gasteiger partial charge in [0, 0.05) is 18.4 Å². The third-order valence-electron chi connectivity index (χ3n) is 2.95. The first kappa shape index (κ1) is 15.0. The Bertz CT molecular complexity index is 611. The summed E-state index contributed by atoms with van der Waals surface area (Å²) in [6, 6.07) is 5.36. The standard InChI is InChI=1S/C15H19FN4O/c1-3-7-20-10-14(9-17-20)18-11(2)15(21)19-13-6-4-5-12(16)8-13/h4-6,8-11,18H,3,7H2,1-2H3,(H,19,21)/t11-/m0/s1. The number of nitrogens with zero attached hydrogens (tertiary/aromatic N) is 2. The molecule has 0 radical (unpaired) electrons. The van der Waals surface area contributed by atoms with E-state index in [-0.39, 0.29) is 11.7 Å². The van der Waals surface area contributed by atoms with Crippen LogP contribution in [0.2, 0.25) is 0 Å². The molecule has 2 aromatic rings. The van der Waals surface area contributed by atoms with Gasteiger partial charge in [0.15, 0.2) is 0 Å². The Balaban J connectivity index is 1.92. The van der Waals surface area contributed by atoms with Crippen molar-refractivity contribution in [2.45, 2.75) is 32.9 Å². The van der Waals surface area contributed by atoms with E-state index in [1.54, 1.807) is 25.3 Å². The Hall–Kier alpha value is -2.37. The molecular weight excluding hydrogens is 271 g/mol. The number of carbonyl (C=O) groups excluding carboxylic acids is 1. The minimum Gasteiger partial charge on any atom is -0.371 e. The molecule has 6 heteroatoms. The average Bonchev–Trinajstić information content (AvgIpc) is 2.86. The van der Waals surface area contributed by atoms with Crippen molar-refractivity contribution in [1.82, 2.24) is 9.78 Å². The molecule has 0 spiro atoms. The molecule has 0 aliphatic carbocycles. The van der Waals surface area contributed by atoms with Crippen molar-refractivity contribution in [1.29, 1.82) is 0 Å². The molecule has 0 aliphatic heterocycles. The quantitative estimate of drug-likeness (QED) is 0.860. The third-order valence-corrected chi connectivity index (χ3v) is 2.95. The Morgan fingerprint density at radius 3 is 2.95 bits per heavy atom. The minimum absolute atomic E-state index is 0.233. The van der Waals surface area contributed by atoms with Crippen LogP contribution in [0.3, 0.4) is 0 Å². The van der Waals surface area contributed by atoms with Crippen LogP contribution in [-0.4, -0.2) is 21.7 Å². The summed E-state index contributed by atoms with van der Waals surface area (Å²) in [6.07, 6.45) is 4.54. The first-order valence-corrected chi connectivity index (χ1v) is 6.94.